The van der Waals surface area contributed by atoms with E-state index in [2.05, 4.69) is 4.89 Å². The Morgan fingerprint density at radius 1 is 0.566 bits per heavy atom. The fraction of sp³-hybridized carbons (Fsp3) is 0.952. The molecular weight excluding hydrogens is 697 g/mol. The minimum absolute atomic E-state index is 0.125. The van der Waals surface area contributed by atoms with Crippen molar-refractivity contribution in [1.29, 1.82) is 0 Å². The molecule has 0 bridgehead atoms. The monoisotopic (exact) mass is 766 g/mol. The number of esters is 1. The van der Waals surface area contributed by atoms with Gasteiger partial charge in [-0.1, -0.05) is 70.6 Å². The molecule has 2 N–H and O–H groups in total. The molecule has 0 radical (unpaired) electrons. The fourth-order valence-corrected chi connectivity index (χ4v) is 12.7. The Kier molecular flexibility index (Phi) is 16.8. The van der Waals surface area contributed by atoms with Crippen molar-refractivity contribution in [2.24, 2.45) is 47.3 Å². The topological polar surface area (TPSA) is 138 Å². The van der Waals surface area contributed by atoms with Crippen LogP contribution in [0.15, 0.2) is 0 Å². The molecule has 0 amide bonds. The number of carboxylic acids is 1. The first-order chi connectivity index (χ1) is 25.8. The third-order valence-corrected chi connectivity index (χ3v) is 15.8. The molecule has 6 rings (SSSR count). The Labute approximate surface area is 321 Å². The molecule has 304 valence electrons. The summed E-state index contributed by atoms with van der Waals surface area (Å²) in [4.78, 5) is 42.2. The van der Waals surface area contributed by atoms with Crippen LogP contribution in [0.5, 0.6) is 0 Å². The molecule has 0 heterocycles. The molecule has 0 saturated heterocycles. The Balaban J connectivity index is 0.926. The lowest BCUT2D eigenvalue weighted by molar-refractivity contribution is -0.341. The predicted octanol–water partition coefficient (Wildman–Crippen LogP) is 9.36. The van der Waals surface area contributed by atoms with Gasteiger partial charge in [0.2, 0.25) is 0 Å². The molecule has 6 aliphatic carbocycles. The van der Waals surface area contributed by atoms with Crippen LogP contribution in [0, 0.1) is 47.3 Å². The molecule has 6 fully saturated rings. The average molecular weight is 767 g/mol. The molecule has 10 nitrogen and oxygen atoms in total. The Bertz CT molecular complexity index is 1140. The number of hydrogen-bond donors (Lipinski definition) is 2. The Morgan fingerprint density at radius 2 is 1.21 bits per heavy atom. The molecule has 0 aromatic carbocycles. The smallest absolute Gasteiger partial charge is 0.310 e. The highest BCUT2D eigenvalue weighted by Crippen LogP contribution is 2.42. The van der Waals surface area contributed by atoms with Gasteiger partial charge in [0.05, 0.1) is 42.5 Å². The van der Waals surface area contributed by atoms with Crippen molar-refractivity contribution in [2.45, 2.75) is 191 Å². The van der Waals surface area contributed by atoms with E-state index in [1.807, 2.05) is 0 Å². The molecule has 0 aliphatic heterocycles. The molecule has 53 heavy (non-hydrogen) atoms. The average Bonchev–Trinajstić information content (AvgIpc) is 3.17. The maximum atomic E-state index is 13.5. The van der Waals surface area contributed by atoms with E-state index in [4.69, 9.17) is 18.7 Å². The Hall–Kier alpha value is -1.11. The normalized spacial score (nSPS) is 37.2. The molecule has 11 heteroatoms. The van der Waals surface area contributed by atoms with Crippen LogP contribution >= 0.6 is 0 Å². The number of rotatable bonds is 16. The Morgan fingerprint density at radius 3 is 1.91 bits per heavy atom. The number of ether oxygens (including phenoxy) is 1. The van der Waals surface area contributed by atoms with E-state index in [0.717, 1.165) is 63.7 Å². The second-order valence-electron chi connectivity index (χ2n) is 18.2. The predicted molar refractivity (Wildman–Crippen MR) is 202 cm³/mol. The van der Waals surface area contributed by atoms with Crippen molar-refractivity contribution >= 4 is 23.0 Å². The zero-order chi connectivity index (χ0) is 37.0. The third-order valence-electron chi connectivity index (χ3n) is 14.3. The lowest BCUT2D eigenvalue weighted by Gasteiger charge is -2.37. The van der Waals surface area contributed by atoms with Gasteiger partial charge in [0.25, 0.3) is 0 Å². The summed E-state index contributed by atoms with van der Waals surface area (Å²) in [7, 11) is 0. The van der Waals surface area contributed by atoms with Crippen LogP contribution in [0.25, 0.3) is 0 Å². The van der Waals surface area contributed by atoms with Crippen LogP contribution in [0.1, 0.15) is 167 Å². The van der Waals surface area contributed by atoms with Crippen molar-refractivity contribution in [2.75, 3.05) is 13.2 Å². The van der Waals surface area contributed by atoms with Gasteiger partial charge in [-0.25, -0.2) is 18.9 Å². The summed E-state index contributed by atoms with van der Waals surface area (Å²) in [5.74, 6) is 0.625. The van der Waals surface area contributed by atoms with Crippen molar-refractivity contribution in [3.8, 4) is 0 Å². The molecule has 11 unspecified atom stereocenters. The summed E-state index contributed by atoms with van der Waals surface area (Å²) < 4.78 is 25.8. The maximum Gasteiger partial charge on any atom is 0.310 e. The van der Waals surface area contributed by atoms with Crippen LogP contribution in [0.4, 0.5) is 0 Å². The molecule has 0 spiro atoms. The molecule has 6 aliphatic rings. The van der Waals surface area contributed by atoms with E-state index < -0.39 is 28.9 Å². The first kappa shape index (κ1) is 41.5. The highest BCUT2D eigenvalue weighted by atomic mass is 32.2. The first-order valence-electron chi connectivity index (χ1n) is 21.9. The second-order valence-corrected chi connectivity index (χ2v) is 19.6. The van der Waals surface area contributed by atoms with Crippen LogP contribution in [0.2, 0.25) is 0 Å². The van der Waals surface area contributed by atoms with Crippen LogP contribution in [0.3, 0.4) is 0 Å². The summed E-state index contributed by atoms with van der Waals surface area (Å²) >= 11 is -1.53. The lowest BCUT2D eigenvalue weighted by Crippen LogP contribution is -2.40. The van der Waals surface area contributed by atoms with Gasteiger partial charge in [0.15, 0.2) is 11.1 Å². The SMILES string of the molecule is O=C(O)C1CCC(CC2CCCCC2)CC1C(=O)OC1CCCC(S(=O)OC2CCCC(OOCC3CC(CC4CCCCC4)CCC3COO)C2)C1. The maximum absolute atomic E-state index is 13.5. The van der Waals surface area contributed by atoms with E-state index in [9.17, 15) is 24.2 Å². The van der Waals surface area contributed by atoms with Crippen LogP contribution in [-0.2, 0) is 44.3 Å². The zero-order valence-electron chi connectivity index (χ0n) is 32.3. The van der Waals surface area contributed by atoms with Crippen molar-refractivity contribution in [1.82, 2.24) is 0 Å². The summed E-state index contributed by atoms with van der Waals surface area (Å²) in [6.07, 6.45) is 26.2. The van der Waals surface area contributed by atoms with Gasteiger partial charge >= 0.3 is 11.9 Å². The van der Waals surface area contributed by atoms with E-state index in [1.165, 1.54) is 77.0 Å². The molecular formula is C42H70O10S. The third kappa shape index (κ3) is 12.7. The number of carbonyl (C=O) groups excluding carboxylic acids is 1. The largest absolute Gasteiger partial charge is 0.481 e. The van der Waals surface area contributed by atoms with E-state index in [-0.39, 0.29) is 41.4 Å². The summed E-state index contributed by atoms with van der Waals surface area (Å²) in [5.41, 5.74) is 0. The van der Waals surface area contributed by atoms with Gasteiger partial charge in [0.1, 0.15) is 6.10 Å². The van der Waals surface area contributed by atoms with Crippen LogP contribution in [-0.4, -0.2) is 63.3 Å². The second kappa shape index (κ2) is 21.4. The van der Waals surface area contributed by atoms with Crippen molar-refractivity contribution in [3.63, 3.8) is 0 Å². The van der Waals surface area contributed by atoms with Gasteiger partial charge in [-0.15, -0.1) is 0 Å². The highest BCUT2D eigenvalue weighted by Gasteiger charge is 2.42. The van der Waals surface area contributed by atoms with Crippen LogP contribution < -0.4 is 0 Å². The van der Waals surface area contributed by atoms with Crippen molar-refractivity contribution < 1.29 is 47.7 Å². The minimum atomic E-state index is -1.53. The van der Waals surface area contributed by atoms with E-state index >= 15 is 0 Å². The first-order valence-corrected chi connectivity index (χ1v) is 23.0. The van der Waals surface area contributed by atoms with Gasteiger partial charge in [-0.2, -0.15) is 0 Å². The molecule has 6 saturated carbocycles. The highest BCUT2D eigenvalue weighted by molar-refractivity contribution is 7.80. The number of hydrogen-bond acceptors (Lipinski definition) is 9. The number of carboxylic acid groups (broad SMARTS) is 1. The summed E-state index contributed by atoms with van der Waals surface area (Å²) in [6.45, 7) is 0.821. The van der Waals surface area contributed by atoms with Crippen molar-refractivity contribution in [3.05, 3.63) is 0 Å². The van der Waals surface area contributed by atoms with Gasteiger partial charge < -0.3 is 9.84 Å². The van der Waals surface area contributed by atoms with Gasteiger partial charge in [-0.05, 0) is 119 Å². The number of carbonyl (C=O) groups is 2. The standard InChI is InChI=1S/C42H70O10S/c43-41(44)39-20-18-32(22-30-11-5-2-6-12-30)24-40(39)42(45)50-35-13-8-16-38(26-35)53(47)52-37-15-7-14-36(25-37)51-49-28-34-23-31(17-19-33(34)27-48-46)21-29-9-3-1-4-10-29/h29-40,46H,1-28H2,(H,43,44). The molecule has 0 aromatic heterocycles. The van der Waals surface area contributed by atoms with E-state index in [0.29, 0.717) is 63.1 Å². The van der Waals surface area contributed by atoms with E-state index in [1.54, 1.807) is 0 Å². The fourth-order valence-electron chi connectivity index (χ4n) is 11.3. The molecule has 0 aromatic rings. The quantitative estimate of drug-likeness (QED) is 0.0888. The number of aliphatic carboxylic acids is 1. The minimum Gasteiger partial charge on any atom is -0.481 e. The lowest BCUT2D eigenvalue weighted by atomic mass is 9.70. The summed E-state index contributed by atoms with van der Waals surface area (Å²) in [6, 6.07) is 0. The van der Waals surface area contributed by atoms with Gasteiger partial charge in [-0.3, -0.25) is 19.0 Å². The van der Waals surface area contributed by atoms with Gasteiger partial charge in [0, 0.05) is 12.8 Å². The summed E-state index contributed by atoms with van der Waals surface area (Å²) in [5, 5.41) is 19.0. The molecule has 11 atom stereocenters. The zero-order valence-corrected chi connectivity index (χ0v) is 33.1.